The SMILES string of the molecule is Cc1ccc(OCCN2C(=O)C(C)Oc3cc(NC(=O)/C=C/c4ccc([N+](=O)[O-])cc4)ccc32)cc1. The molecular formula is C27H25N3O6. The molecule has 3 aromatic carbocycles. The van der Waals surface area contributed by atoms with Gasteiger partial charge in [-0.15, -0.1) is 0 Å². The molecular weight excluding hydrogens is 462 g/mol. The summed E-state index contributed by atoms with van der Waals surface area (Å²) in [6, 6.07) is 18.6. The minimum absolute atomic E-state index is 0.0193. The molecule has 0 radical (unpaired) electrons. The lowest BCUT2D eigenvalue weighted by Gasteiger charge is -2.33. The number of hydrogen-bond donors (Lipinski definition) is 1. The topological polar surface area (TPSA) is 111 Å². The fraction of sp³-hybridized carbons (Fsp3) is 0.185. The van der Waals surface area contributed by atoms with Gasteiger partial charge in [0.1, 0.15) is 18.1 Å². The van der Waals surface area contributed by atoms with Crippen molar-refractivity contribution >= 4 is 35.0 Å². The maximum Gasteiger partial charge on any atom is 0.269 e. The molecule has 0 saturated heterocycles. The van der Waals surface area contributed by atoms with Gasteiger partial charge in [-0.2, -0.15) is 0 Å². The molecule has 3 aromatic rings. The Morgan fingerprint density at radius 3 is 2.56 bits per heavy atom. The molecule has 0 fully saturated rings. The summed E-state index contributed by atoms with van der Waals surface area (Å²) < 4.78 is 11.6. The average Bonchev–Trinajstić information content (AvgIpc) is 2.86. The zero-order valence-electron chi connectivity index (χ0n) is 19.8. The second kappa shape index (κ2) is 10.7. The number of nitro groups is 1. The maximum absolute atomic E-state index is 12.7. The first kappa shape index (κ1) is 24.5. The van der Waals surface area contributed by atoms with E-state index >= 15 is 0 Å². The molecule has 0 bridgehead atoms. The van der Waals surface area contributed by atoms with Gasteiger partial charge in [0.2, 0.25) is 5.91 Å². The number of nitrogens with one attached hydrogen (secondary N) is 1. The molecule has 0 aliphatic carbocycles. The van der Waals surface area contributed by atoms with Crippen LogP contribution in [0.15, 0.2) is 72.8 Å². The first-order valence-electron chi connectivity index (χ1n) is 11.4. The molecule has 1 aliphatic heterocycles. The van der Waals surface area contributed by atoms with Crippen molar-refractivity contribution in [3.63, 3.8) is 0 Å². The van der Waals surface area contributed by atoms with Gasteiger partial charge in [0.25, 0.3) is 11.6 Å². The highest BCUT2D eigenvalue weighted by atomic mass is 16.6. The van der Waals surface area contributed by atoms with Crippen molar-refractivity contribution in [2.45, 2.75) is 20.0 Å². The molecule has 0 spiro atoms. The molecule has 0 aromatic heterocycles. The molecule has 1 aliphatic rings. The summed E-state index contributed by atoms with van der Waals surface area (Å²) in [4.78, 5) is 37.0. The molecule has 184 valence electrons. The number of carbonyl (C=O) groups is 2. The molecule has 0 saturated carbocycles. The molecule has 1 atom stereocenters. The summed E-state index contributed by atoms with van der Waals surface area (Å²) in [6.07, 6.45) is 2.22. The van der Waals surface area contributed by atoms with Gasteiger partial charge in [0.05, 0.1) is 17.2 Å². The van der Waals surface area contributed by atoms with Gasteiger partial charge in [-0.05, 0) is 61.9 Å². The Kier molecular flexibility index (Phi) is 7.29. The number of nitrogens with zero attached hydrogens (tertiary/aromatic N) is 2. The van der Waals surface area contributed by atoms with Crippen molar-refractivity contribution in [1.82, 2.24) is 0 Å². The zero-order chi connectivity index (χ0) is 25.7. The van der Waals surface area contributed by atoms with Gasteiger partial charge in [0, 0.05) is 30.0 Å². The molecule has 36 heavy (non-hydrogen) atoms. The number of benzene rings is 3. The molecule has 1 N–H and O–H groups in total. The van der Waals surface area contributed by atoms with Crippen LogP contribution in [0.4, 0.5) is 17.1 Å². The van der Waals surface area contributed by atoms with Gasteiger partial charge < -0.3 is 19.7 Å². The number of fused-ring (bicyclic) bond motifs is 1. The van der Waals surface area contributed by atoms with Crippen molar-refractivity contribution < 1.29 is 24.0 Å². The molecule has 2 amide bonds. The van der Waals surface area contributed by atoms with Crippen LogP contribution >= 0.6 is 0 Å². The number of hydrogen-bond acceptors (Lipinski definition) is 6. The van der Waals surface area contributed by atoms with Gasteiger partial charge >= 0.3 is 0 Å². The highest BCUT2D eigenvalue weighted by Crippen LogP contribution is 2.36. The Morgan fingerprint density at radius 2 is 1.86 bits per heavy atom. The molecule has 4 rings (SSSR count). The molecule has 9 nitrogen and oxygen atoms in total. The minimum Gasteiger partial charge on any atom is -0.492 e. The lowest BCUT2D eigenvalue weighted by Crippen LogP contribution is -2.46. The van der Waals surface area contributed by atoms with Crippen LogP contribution in [0, 0.1) is 17.0 Å². The second-order valence-corrected chi connectivity index (χ2v) is 8.27. The van der Waals surface area contributed by atoms with E-state index in [9.17, 15) is 19.7 Å². The summed E-state index contributed by atoms with van der Waals surface area (Å²) >= 11 is 0. The van der Waals surface area contributed by atoms with Crippen LogP contribution in [0.25, 0.3) is 6.08 Å². The highest BCUT2D eigenvalue weighted by molar-refractivity contribution is 6.03. The lowest BCUT2D eigenvalue weighted by molar-refractivity contribution is -0.384. The Labute approximate surface area is 208 Å². The summed E-state index contributed by atoms with van der Waals surface area (Å²) in [6.45, 7) is 4.34. The summed E-state index contributed by atoms with van der Waals surface area (Å²) in [7, 11) is 0. The number of ether oxygens (including phenoxy) is 2. The van der Waals surface area contributed by atoms with Crippen LogP contribution in [0.2, 0.25) is 0 Å². The van der Waals surface area contributed by atoms with E-state index in [-0.39, 0.29) is 17.5 Å². The second-order valence-electron chi connectivity index (χ2n) is 8.27. The number of aryl methyl sites for hydroxylation is 1. The van der Waals surface area contributed by atoms with E-state index in [0.717, 1.165) is 11.3 Å². The Morgan fingerprint density at radius 1 is 1.14 bits per heavy atom. The van der Waals surface area contributed by atoms with Crippen LogP contribution in [0.5, 0.6) is 11.5 Å². The van der Waals surface area contributed by atoms with Crippen molar-refractivity contribution in [1.29, 1.82) is 0 Å². The first-order valence-corrected chi connectivity index (χ1v) is 11.4. The number of non-ortho nitro benzene ring substituents is 1. The smallest absolute Gasteiger partial charge is 0.269 e. The van der Waals surface area contributed by atoms with Crippen molar-refractivity contribution in [2.75, 3.05) is 23.4 Å². The average molecular weight is 488 g/mol. The predicted octanol–water partition coefficient (Wildman–Crippen LogP) is 4.75. The Balaban J connectivity index is 1.40. The normalized spacial score (nSPS) is 14.8. The Hall–Kier alpha value is -4.66. The van der Waals surface area contributed by atoms with Gasteiger partial charge in [-0.3, -0.25) is 19.7 Å². The fourth-order valence-corrected chi connectivity index (χ4v) is 3.67. The lowest BCUT2D eigenvalue weighted by atomic mass is 10.1. The molecule has 1 unspecified atom stereocenters. The zero-order valence-corrected chi connectivity index (χ0v) is 19.8. The van der Waals surface area contributed by atoms with E-state index in [0.29, 0.717) is 35.8 Å². The Bertz CT molecular complexity index is 1300. The number of rotatable bonds is 8. The van der Waals surface area contributed by atoms with E-state index < -0.39 is 11.0 Å². The largest absolute Gasteiger partial charge is 0.492 e. The molecule has 1 heterocycles. The molecule has 9 heteroatoms. The van der Waals surface area contributed by atoms with E-state index in [1.165, 1.54) is 18.2 Å². The van der Waals surface area contributed by atoms with Crippen molar-refractivity contribution in [3.05, 3.63) is 94.0 Å². The fourth-order valence-electron chi connectivity index (χ4n) is 3.67. The monoisotopic (exact) mass is 487 g/mol. The van der Waals surface area contributed by atoms with Crippen molar-refractivity contribution in [2.24, 2.45) is 0 Å². The third kappa shape index (κ3) is 5.87. The van der Waals surface area contributed by atoms with Crippen molar-refractivity contribution in [3.8, 4) is 11.5 Å². The van der Waals surface area contributed by atoms with E-state index in [1.807, 2.05) is 31.2 Å². The summed E-state index contributed by atoms with van der Waals surface area (Å²) in [5.74, 6) is 0.665. The third-order valence-corrected chi connectivity index (χ3v) is 5.57. The summed E-state index contributed by atoms with van der Waals surface area (Å²) in [5, 5.41) is 13.5. The van der Waals surface area contributed by atoms with E-state index in [2.05, 4.69) is 5.32 Å². The quantitative estimate of drug-likeness (QED) is 0.279. The van der Waals surface area contributed by atoms with E-state index in [1.54, 1.807) is 48.2 Å². The number of nitro benzene ring substituents is 1. The number of amides is 2. The summed E-state index contributed by atoms with van der Waals surface area (Å²) in [5.41, 5.74) is 2.88. The highest BCUT2D eigenvalue weighted by Gasteiger charge is 2.31. The predicted molar refractivity (Wildman–Crippen MR) is 136 cm³/mol. The van der Waals surface area contributed by atoms with Crippen LogP contribution in [-0.4, -0.2) is 36.0 Å². The van der Waals surface area contributed by atoms with Gasteiger partial charge in [0.15, 0.2) is 6.10 Å². The van der Waals surface area contributed by atoms with Crippen LogP contribution in [-0.2, 0) is 9.59 Å². The first-order chi connectivity index (χ1) is 17.3. The maximum atomic E-state index is 12.7. The number of anilines is 2. The minimum atomic E-state index is -0.676. The van der Waals surface area contributed by atoms with Gasteiger partial charge in [-0.1, -0.05) is 17.7 Å². The standard InChI is InChI=1S/C27H25N3O6/c1-18-3-11-23(12-4-18)35-16-15-29-24-13-8-21(17-25(24)36-19(2)27(29)32)28-26(31)14-7-20-5-9-22(10-6-20)30(33)34/h3-14,17,19H,15-16H2,1-2H3,(H,28,31)/b14-7+. The van der Waals surface area contributed by atoms with Crippen LogP contribution in [0.3, 0.4) is 0 Å². The third-order valence-electron chi connectivity index (χ3n) is 5.57. The van der Waals surface area contributed by atoms with Crippen LogP contribution < -0.4 is 19.7 Å². The van der Waals surface area contributed by atoms with Crippen LogP contribution in [0.1, 0.15) is 18.1 Å². The van der Waals surface area contributed by atoms with Gasteiger partial charge in [-0.25, -0.2) is 0 Å². The number of carbonyl (C=O) groups excluding carboxylic acids is 2. The van der Waals surface area contributed by atoms with E-state index in [4.69, 9.17) is 9.47 Å².